The van der Waals surface area contributed by atoms with Crippen LogP contribution in [0.25, 0.3) is 0 Å². The second kappa shape index (κ2) is 6.85. The van der Waals surface area contributed by atoms with Crippen LogP contribution in [0.2, 0.25) is 0 Å². The molecule has 1 aromatic heterocycles. The molecule has 1 aromatic rings. The molecule has 0 spiro atoms. The van der Waals surface area contributed by atoms with E-state index < -0.39 is 0 Å². The Bertz CT molecular complexity index is 296. The van der Waals surface area contributed by atoms with Gasteiger partial charge in [0, 0.05) is 0 Å². The molecule has 84 valence electrons. The first-order chi connectivity index (χ1) is 7.24. The van der Waals surface area contributed by atoms with E-state index in [1.54, 1.807) is 0 Å². The fraction of sp³-hybridized carbons (Fsp3) is 0.500. The molecule has 2 nitrogen and oxygen atoms in total. The van der Waals surface area contributed by atoms with Crippen LogP contribution in [-0.2, 0) is 0 Å². The highest BCUT2D eigenvalue weighted by molar-refractivity contribution is 9.10. The predicted octanol–water partition coefficient (Wildman–Crippen LogP) is 4.18. The zero-order valence-electron chi connectivity index (χ0n) is 8.92. The fourth-order valence-corrected chi connectivity index (χ4v) is 1.82. The highest BCUT2D eigenvalue weighted by atomic mass is 79.9. The van der Waals surface area contributed by atoms with E-state index in [0.717, 1.165) is 29.7 Å². The van der Waals surface area contributed by atoms with E-state index in [-0.39, 0.29) is 6.04 Å². The molecule has 0 bridgehead atoms. The molecule has 0 amide bonds. The van der Waals surface area contributed by atoms with Gasteiger partial charge < -0.3 is 10.2 Å². The zero-order chi connectivity index (χ0) is 11.1. The number of hydrogen-bond donors (Lipinski definition) is 1. The van der Waals surface area contributed by atoms with Crippen molar-refractivity contribution in [3.8, 4) is 0 Å². The first kappa shape index (κ1) is 12.5. The minimum atomic E-state index is 0.0278. The predicted molar refractivity (Wildman–Crippen MR) is 66.6 cm³/mol. The molecule has 0 fully saturated rings. The van der Waals surface area contributed by atoms with Crippen LogP contribution in [0.1, 0.15) is 43.9 Å². The normalized spacial score (nSPS) is 12.7. The van der Waals surface area contributed by atoms with Gasteiger partial charge in [-0.05, 0) is 47.3 Å². The minimum absolute atomic E-state index is 0.0278. The van der Waals surface area contributed by atoms with Gasteiger partial charge in [0.25, 0.3) is 0 Å². The molecule has 3 heteroatoms. The first-order valence-electron chi connectivity index (χ1n) is 5.35. The summed E-state index contributed by atoms with van der Waals surface area (Å²) in [6.45, 7) is 3.70. The monoisotopic (exact) mass is 271 g/mol. The SMILES string of the molecule is C=CCCCCCC(N)c1ccc(Br)o1. The molecule has 1 atom stereocenters. The fourth-order valence-electron chi connectivity index (χ4n) is 1.50. The van der Waals surface area contributed by atoms with E-state index in [0.29, 0.717) is 0 Å². The number of rotatable bonds is 7. The average Bonchev–Trinajstić information content (AvgIpc) is 2.64. The Labute approximate surface area is 99.7 Å². The van der Waals surface area contributed by atoms with Crippen LogP contribution in [0, 0.1) is 0 Å². The van der Waals surface area contributed by atoms with E-state index in [9.17, 15) is 0 Å². The van der Waals surface area contributed by atoms with Crippen molar-refractivity contribution < 1.29 is 4.42 Å². The number of halogens is 1. The topological polar surface area (TPSA) is 39.2 Å². The average molecular weight is 272 g/mol. The molecule has 15 heavy (non-hydrogen) atoms. The highest BCUT2D eigenvalue weighted by Gasteiger charge is 2.09. The van der Waals surface area contributed by atoms with Crippen LogP contribution in [0.4, 0.5) is 0 Å². The number of hydrogen-bond acceptors (Lipinski definition) is 2. The van der Waals surface area contributed by atoms with Gasteiger partial charge in [0.2, 0.25) is 0 Å². The van der Waals surface area contributed by atoms with E-state index in [4.69, 9.17) is 10.2 Å². The Morgan fingerprint density at radius 1 is 1.40 bits per heavy atom. The van der Waals surface area contributed by atoms with Crippen molar-refractivity contribution >= 4 is 15.9 Å². The molecule has 1 heterocycles. The van der Waals surface area contributed by atoms with E-state index >= 15 is 0 Å². The summed E-state index contributed by atoms with van der Waals surface area (Å²) in [5, 5.41) is 0. The van der Waals surface area contributed by atoms with Crippen molar-refractivity contribution in [2.24, 2.45) is 5.73 Å². The van der Waals surface area contributed by atoms with Crippen LogP contribution >= 0.6 is 15.9 Å². The van der Waals surface area contributed by atoms with Crippen LogP contribution < -0.4 is 5.73 Å². The maximum absolute atomic E-state index is 5.99. The largest absolute Gasteiger partial charge is 0.453 e. The van der Waals surface area contributed by atoms with E-state index in [1.165, 1.54) is 12.8 Å². The Morgan fingerprint density at radius 3 is 2.80 bits per heavy atom. The van der Waals surface area contributed by atoms with Crippen LogP contribution in [0.15, 0.2) is 33.9 Å². The number of furan rings is 1. The lowest BCUT2D eigenvalue weighted by Gasteiger charge is -2.07. The molecule has 0 aromatic carbocycles. The van der Waals surface area contributed by atoms with Crippen molar-refractivity contribution in [1.29, 1.82) is 0 Å². The van der Waals surface area contributed by atoms with Crippen molar-refractivity contribution in [3.63, 3.8) is 0 Å². The lowest BCUT2D eigenvalue weighted by molar-refractivity contribution is 0.427. The summed E-state index contributed by atoms with van der Waals surface area (Å²) in [7, 11) is 0. The smallest absolute Gasteiger partial charge is 0.169 e. The third kappa shape index (κ3) is 4.67. The summed E-state index contributed by atoms with van der Waals surface area (Å²) in [5.41, 5.74) is 5.99. The maximum atomic E-state index is 5.99. The Balaban J connectivity index is 2.18. The Morgan fingerprint density at radius 2 is 2.20 bits per heavy atom. The van der Waals surface area contributed by atoms with Crippen molar-refractivity contribution in [3.05, 3.63) is 35.2 Å². The molecular formula is C12H18BrNO. The second-order valence-electron chi connectivity index (χ2n) is 3.68. The van der Waals surface area contributed by atoms with Gasteiger partial charge in [0.1, 0.15) is 5.76 Å². The van der Waals surface area contributed by atoms with Gasteiger partial charge in [-0.1, -0.05) is 18.9 Å². The van der Waals surface area contributed by atoms with Gasteiger partial charge in [-0.25, -0.2) is 0 Å². The molecule has 0 radical (unpaired) electrons. The quantitative estimate of drug-likeness (QED) is 0.597. The van der Waals surface area contributed by atoms with Gasteiger partial charge in [-0.2, -0.15) is 0 Å². The number of nitrogens with two attached hydrogens (primary N) is 1. The third-order valence-electron chi connectivity index (χ3n) is 2.38. The van der Waals surface area contributed by atoms with E-state index in [2.05, 4.69) is 22.5 Å². The van der Waals surface area contributed by atoms with Crippen LogP contribution in [0.5, 0.6) is 0 Å². The lowest BCUT2D eigenvalue weighted by Crippen LogP contribution is -2.08. The molecule has 0 aliphatic rings. The minimum Gasteiger partial charge on any atom is -0.453 e. The lowest BCUT2D eigenvalue weighted by atomic mass is 10.1. The van der Waals surface area contributed by atoms with Crippen molar-refractivity contribution in [1.82, 2.24) is 0 Å². The molecular weight excluding hydrogens is 254 g/mol. The summed E-state index contributed by atoms with van der Waals surface area (Å²) < 4.78 is 6.15. The van der Waals surface area contributed by atoms with E-state index in [1.807, 2.05) is 18.2 Å². The number of allylic oxidation sites excluding steroid dienone is 1. The molecule has 0 aliphatic heterocycles. The van der Waals surface area contributed by atoms with Gasteiger partial charge in [0.15, 0.2) is 4.67 Å². The summed E-state index contributed by atoms with van der Waals surface area (Å²) in [5.74, 6) is 0.866. The molecule has 1 rings (SSSR count). The molecule has 2 N–H and O–H groups in total. The Kier molecular flexibility index (Phi) is 5.73. The Hall–Kier alpha value is -0.540. The third-order valence-corrected chi connectivity index (χ3v) is 2.81. The summed E-state index contributed by atoms with van der Waals surface area (Å²) >= 11 is 3.27. The zero-order valence-corrected chi connectivity index (χ0v) is 10.5. The van der Waals surface area contributed by atoms with Gasteiger partial charge in [-0.3, -0.25) is 0 Å². The summed E-state index contributed by atoms with van der Waals surface area (Å²) in [4.78, 5) is 0. The number of unbranched alkanes of at least 4 members (excludes halogenated alkanes) is 3. The van der Waals surface area contributed by atoms with Gasteiger partial charge in [-0.15, -0.1) is 6.58 Å². The highest BCUT2D eigenvalue weighted by Crippen LogP contribution is 2.22. The molecule has 1 unspecified atom stereocenters. The summed E-state index contributed by atoms with van der Waals surface area (Å²) in [6, 6.07) is 3.84. The van der Waals surface area contributed by atoms with Crippen LogP contribution in [0.3, 0.4) is 0 Å². The summed E-state index contributed by atoms with van der Waals surface area (Å²) in [6.07, 6.45) is 7.61. The van der Waals surface area contributed by atoms with Crippen molar-refractivity contribution in [2.75, 3.05) is 0 Å². The van der Waals surface area contributed by atoms with Crippen molar-refractivity contribution in [2.45, 2.75) is 38.1 Å². The molecule has 0 aliphatic carbocycles. The van der Waals surface area contributed by atoms with Crippen LogP contribution in [-0.4, -0.2) is 0 Å². The second-order valence-corrected chi connectivity index (χ2v) is 4.46. The first-order valence-corrected chi connectivity index (χ1v) is 6.15. The van der Waals surface area contributed by atoms with Gasteiger partial charge >= 0.3 is 0 Å². The molecule has 0 saturated heterocycles. The maximum Gasteiger partial charge on any atom is 0.169 e. The van der Waals surface area contributed by atoms with Gasteiger partial charge in [0.05, 0.1) is 6.04 Å². The standard InChI is InChI=1S/C12H18BrNO/c1-2-3-4-5-6-7-10(14)11-8-9-12(13)15-11/h2,8-10H,1,3-7,14H2. The molecule has 0 saturated carbocycles.